The number of rotatable bonds is 5. The number of hydrogen-bond donors (Lipinski definition) is 0. The molecule has 1 aliphatic heterocycles. The molecule has 0 saturated heterocycles. The van der Waals surface area contributed by atoms with Crippen LogP contribution in [0.4, 0.5) is 20.2 Å². The van der Waals surface area contributed by atoms with Gasteiger partial charge in [0.25, 0.3) is 0 Å². The summed E-state index contributed by atoms with van der Waals surface area (Å²) >= 11 is 0. The van der Waals surface area contributed by atoms with Crippen LogP contribution in [0, 0.1) is 11.6 Å². The van der Waals surface area contributed by atoms with E-state index in [1.807, 2.05) is 0 Å². The number of methoxy groups -OCH3 is 1. The Morgan fingerprint density at radius 1 is 1.25 bits per heavy atom. The number of anilines is 1. The predicted molar refractivity (Wildman–Crippen MR) is 111 cm³/mol. The van der Waals surface area contributed by atoms with E-state index in [-0.39, 0.29) is 11.2 Å². The van der Waals surface area contributed by atoms with Gasteiger partial charge < -0.3 is 9.64 Å². The van der Waals surface area contributed by atoms with Gasteiger partial charge in [0.05, 0.1) is 12.8 Å². The minimum atomic E-state index is -0.683. The van der Waals surface area contributed by atoms with Crippen LogP contribution < -0.4 is 9.64 Å². The van der Waals surface area contributed by atoms with Gasteiger partial charge in [0.1, 0.15) is 11.6 Å². The highest BCUT2D eigenvalue weighted by atomic mass is 19.1. The van der Waals surface area contributed by atoms with E-state index in [1.54, 1.807) is 13.3 Å². The molecule has 0 aliphatic carbocycles. The lowest BCUT2D eigenvalue weighted by Crippen LogP contribution is -2.48. The lowest BCUT2D eigenvalue weighted by Gasteiger charge is -2.47. The molecule has 0 aromatic heterocycles. The Balaban J connectivity index is 2.05. The van der Waals surface area contributed by atoms with Gasteiger partial charge in [-0.25, -0.2) is 8.78 Å². The van der Waals surface area contributed by atoms with Crippen molar-refractivity contribution in [3.8, 4) is 5.75 Å². The molecule has 3 nitrogen and oxygen atoms in total. The normalized spacial score (nSPS) is 18.4. The number of benzene rings is 2. The number of halogens is 2. The summed E-state index contributed by atoms with van der Waals surface area (Å²) in [4.78, 5) is 6.67. The maximum Gasteiger partial charge on any atom is 0.151 e. The third-order valence-corrected chi connectivity index (χ3v) is 5.44. The van der Waals surface area contributed by atoms with Crippen molar-refractivity contribution in [1.29, 1.82) is 0 Å². The maximum atomic E-state index is 13.9. The first-order valence-corrected chi connectivity index (χ1v) is 9.75. The van der Waals surface area contributed by atoms with E-state index in [1.165, 1.54) is 23.4 Å². The minimum absolute atomic E-state index is 0.0697. The quantitative estimate of drug-likeness (QED) is 0.569. The standard InChI is InChI=1S/C23H28F2N2O/c1-6-9-27-21-12-22(28-5)16(10-18(21)15(2)13-23(27,3)4)14-26-20-8-7-17(24)11-19(20)25/h7-8,10-12,14-15H,6,9,13H2,1-5H3. The summed E-state index contributed by atoms with van der Waals surface area (Å²) in [6.45, 7) is 9.95. The van der Waals surface area contributed by atoms with Crippen LogP contribution in [0.25, 0.3) is 0 Å². The molecule has 5 heteroatoms. The lowest BCUT2D eigenvalue weighted by molar-refractivity contribution is 0.372. The number of hydrogen-bond acceptors (Lipinski definition) is 3. The molecule has 0 amide bonds. The van der Waals surface area contributed by atoms with E-state index >= 15 is 0 Å². The van der Waals surface area contributed by atoms with Crippen LogP contribution >= 0.6 is 0 Å². The average molecular weight is 386 g/mol. The zero-order valence-corrected chi connectivity index (χ0v) is 17.2. The highest BCUT2D eigenvalue weighted by molar-refractivity contribution is 5.88. The molecule has 0 spiro atoms. The van der Waals surface area contributed by atoms with Crippen molar-refractivity contribution >= 4 is 17.6 Å². The highest BCUT2D eigenvalue weighted by Crippen LogP contribution is 2.45. The average Bonchev–Trinajstić information content (AvgIpc) is 2.63. The van der Waals surface area contributed by atoms with Crippen molar-refractivity contribution < 1.29 is 13.5 Å². The summed E-state index contributed by atoms with van der Waals surface area (Å²) in [6.07, 6.45) is 3.70. The first-order chi connectivity index (χ1) is 13.3. The molecular formula is C23H28F2N2O. The Hall–Kier alpha value is -2.43. The van der Waals surface area contributed by atoms with Crippen molar-refractivity contribution in [2.24, 2.45) is 4.99 Å². The van der Waals surface area contributed by atoms with Crippen LogP contribution in [0.1, 0.15) is 57.6 Å². The van der Waals surface area contributed by atoms with Gasteiger partial charge in [0, 0.05) is 41.7 Å². The molecule has 2 aromatic carbocycles. The van der Waals surface area contributed by atoms with E-state index in [2.05, 4.69) is 49.7 Å². The summed E-state index contributed by atoms with van der Waals surface area (Å²) in [5, 5.41) is 0. The van der Waals surface area contributed by atoms with Crippen molar-refractivity contribution in [2.45, 2.75) is 52.0 Å². The molecule has 150 valence electrons. The molecule has 0 radical (unpaired) electrons. The van der Waals surface area contributed by atoms with Gasteiger partial charge in [-0.05, 0) is 56.4 Å². The fourth-order valence-corrected chi connectivity index (χ4v) is 4.18. The molecular weight excluding hydrogens is 358 g/mol. The second-order valence-electron chi connectivity index (χ2n) is 8.08. The van der Waals surface area contributed by atoms with Crippen LogP contribution in [0.3, 0.4) is 0 Å². The third kappa shape index (κ3) is 3.89. The first kappa shape index (κ1) is 20.3. The molecule has 0 fully saturated rings. The lowest BCUT2D eigenvalue weighted by atomic mass is 9.79. The van der Waals surface area contributed by atoms with Gasteiger partial charge in [-0.3, -0.25) is 4.99 Å². The van der Waals surface area contributed by atoms with Crippen LogP contribution in [-0.2, 0) is 0 Å². The zero-order chi connectivity index (χ0) is 20.5. The van der Waals surface area contributed by atoms with Crippen molar-refractivity contribution in [3.05, 3.63) is 53.1 Å². The minimum Gasteiger partial charge on any atom is -0.496 e. The highest BCUT2D eigenvalue weighted by Gasteiger charge is 2.36. The zero-order valence-electron chi connectivity index (χ0n) is 17.2. The molecule has 2 aromatic rings. The van der Waals surface area contributed by atoms with E-state index in [0.717, 1.165) is 31.0 Å². The number of nitrogens with zero attached hydrogens (tertiary/aromatic N) is 2. The molecule has 1 unspecified atom stereocenters. The fraction of sp³-hybridized carbons (Fsp3) is 0.435. The summed E-state index contributed by atoms with van der Waals surface area (Å²) in [5.74, 6) is -0.220. The Morgan fingerprint density at radius 3 is 2.64 bits per heavy atom. The summed E-state index contributed by atoms with van der Waals surface area (Å²) in [6, 6.07) is 7.52. The molecule has 1 heterocycles. The van der Waals surface area contributed by atoms with Crippen molar-refractivity contribution in [3.63, 3.8) is 0 Å². The molecule has 0 bridgehead atoms. The van der Waals surface area contributed by atoms with Crippen LogP contribution in [0.5, 0.6) is 5.75 Å². The van der Waals surface area contributed by atoms with E-state index in [9.17, 15) is 8.78 Å². The van der Waals surface area contributed by atoms with Gasteiger partial charge >= 0.3 is 0 Å². The topological polar surface area (TPSA) is 24.8 Å². The van der Waals surface area contributed by atoms with Gasteiger partial charge in [0.15, 0.2) is 5.82 Å². The SMILES string of the molecule is CCCN1c2cc(OC)c(C=Nc3ccc(F)cc3F)cc2C(C)CC1(C)C. The van der Waals surface area contributed by atoms with E-state index in [0.29, 0.717) is 11.7 Å². The number of fused-ring (bicyclic) bond motifs is 1. The smallest absolute Gasteiger partial charge is 0.151 e. The molecule has 1 aliphatic rings. The molecule has 1 atom stereocenters. The largest absolute Gasteiger partial charge is 0.496 e. The Kier molecular flexibility index (Phi) is 5.73. The van der Waals surface area contributed by atoms with Gasteiger partial charge in [0.2, 0.25) is 0 Å². The first-order valence-electron chi connectivity index (χ1n) is 9.75. The molecule has 3 rings (SSSR count). The molecule has 0 saturated carbocycles. The summed E-state index contributed by atoms with van der Waals surface area (Å²) < 4.78 is 32.6. The Bertz CT molecular complexity index is 892. The van der Waals surface area contributed by atoms with Crippen molar-refractivity contribution in [2.75, 3.05) is 18.6 Å². The van der Waals surface area contributed by atoms with Gasteiger partial charge in [-0.15, -0.1) is 0 Å². The number of ether oxygens (including phenoxy) is 1. The monoisotopic (exact) mass is 386 g/mol. The molecule has 28 heavy (non-hydrogen) atoms. The second kappa shape index (κ2) is 7.90. The maximum absolute atomic E-state index is 13.9. The third-order valence-electron chi connectivity index (χ3n) is 5.44. The number of aliphatic imine (C=N–C) groups is 1. The Morgan fingerprint density at radius 2 is 2.00 bits per heavy atom. The molecule has 0 N–H and O–H groups in total. The van der Waals surface area contributed by atoms with Crippen LogP contribution in [0.15, 0.2) is 35.3 Å². The fourth-order valence-electron chi connectivity index (χ4n) is 4.18. The summed E-state index contributed by atoms with van der Waals surface area (Å²) in [7, 11) is 1.62. The second-order valence-corrected chi connectivity index (χ2v) is 8.08. The van der Waals surface area contributed by atoms with Crippen LogP contribution in [0.2, 0.25) is 0 Å². The van der Waals surface area contributed by atoms with Crippen molar-refractivity contribution in [1.82, 2.24) is 0 Å². The Labute approximate surface area is 166 Å². The summed E-state index contributed by atoms with van der Waals surface area (Å²) in [5.41, 5.74) is 3.39. The predicted octanol–water partition coefficient (Wildman–Crippen LogP) is 6.23. The van der Waals surface area contributed by atoms with Gasteiger partial charge in [-0.1, -0.05) is 13.8 Å². The van der Waals surface area contributed by atoms with E-state index in [4.69, 9.17) is 4.74 Å². The van der Waals surface area contributed by atoms with Gasteiger partial charge in [-0.2, -0.15) is 0 Å². The van der Waals surface area contributed by atoms with Crippen LogP contribution in [-0.4, -0.2) is 25.4 Å². The van der Waals surface area contributed by atoms with E-state index < -0.39 is 11.6 Å².